The summed E-state index contributed by atoms with van der Waals surface area (Å²) >= 11 is 1.33. The maximum absolute atomic E-state index is 5.81. The van der Waals surface area contributed by atoms with E-state index in [2.05, 4.69) is 40.9 Å². The van der Waals surface area contributed by atoms with E-state index in [1.54, 1.807) is 0 Å². The Morgan fingerprint density at radius 1 is 1.32 bits per heavy atom. The SMILES string of the molecule is Cc1ccc(CNc2snc(N)c2OC(C)C)cc1. The number of rotatable bonds is 5. The van der Waals surface area contributed by atoms with Gasteiger partial charge in [0.25, 0.3) is 0 Å². The molecule has 102 valence electrons. The molecule has 3 N–H and O–H groups in total. The summed E-state index contributed by atoms with van der Waals surface area (Å²) in [5.41, 5.74) is 8.29. The molecule has 0 aliphatic rings. The molecule has 0 unspecified atom stereocenters. The van der Waals surface area contributed by atoms with Crippen LogP contribution in [0.3, 0.4) is 0 Å². The fourth-order valence-electron chi connectivity index (χ4n) is 1.64. The van der Waals surface area contributed by atoms with Gasteiger partial charge in [0.2, 0.25) is 0 Å². The minimum Gasteiger partial charge on any atom is -0.484 e. The fraction of sp³-hybridized carbons (Fsp3) is 0.357. The van der Waals surface area contributed by atoms with Crippen molar-refractivity contribution in [1.29, 1.82) is 0 Å². The largest absolute Gasteiger partial charge is 0.484 e. The van der Waals surface area contributed by atoms with Gasteiger partial charge in [-0.2, -0.15) is 4.37 Å². The summed E-state index contributed by atoms with van der Waals surface area (Å²) in [6.45, 7) is 6.76. The number of nitrogen functional groups attached to an aromatic ring is 1. The van der Waals surface area contributed by atoms with Crippen molar-refractivity contribution in [3.63, 3.8) is 0 Å². The van der Waals surface area contributed by atoms with E-state index in [1.165, 1.54) is 22.7 Å². The lowest BCUT2D eigenvalue weighted by molar-refractivity contribution is 0.245. The first-order valence-electron chi connectivity index (χ1n) is 6.27. The van der Waals surface area contributed by atoms with Crippen molar-refractivity contribution < 1.29 is 4.74 Å². The van der Waals surface area contributed by atoms with Crippen LogP contribution in [0.25, 0.3) is 0 Å². The third-order valence-corrected chi connectivity index (χ3v) is 3.40. The summed E-state index contributed by atoms with van der Waals surface area (Å²) < 4.78 is 9.81. The van der Waals surface area contributed by atoms with Crippen LogP contribution in [0.15, 0.2) is 24.3 Å². The highest BCUT2D eigenvalue weighted by molar-refractivity contribution is 7.11. The predicted molar refractivity (Wildman–Crippen MR) is 80.8 cm³/mol. The molecule has 2 aromatic rings. The summed E-state index contributed by atoms with van der Waals surface area (Å²) in [6, 6.07) is 8.42. The van der Waals surface area contributed by atoms with Crippen molar-refractivity contribution in [1.82, 2.24) is 4.37 Å². The van der Waals surface area contributed by atoms with Gasteiger partial charge in [0.15, 0.2) is 16.6 Å². The maximum Gasteiger partial charge on any atom is 0.197 e. The minimum absolute atomic E-state index is 0.0821. The number of aryl methyl sites for hydroxylation is 1. The van der Waals surface area contributed by atoms with E-state index in [0.717, 1.165) is 11.5 Å². The molecule has 0 radical (unpaired) electrons. The number of hydrogen-bond acceptors (Lipinski definition) is 5. The molecule has 0 saturated carbocycles. The van der Waals surface area contributed by atoms with Gasteiger partial charge in [-0.05, 0) is 37.9 Å². The van der Waals surface area contributed by atoms with Crippen LogP contribution in [0.4, 0.5) is 10.8 Å². The summed E-state index contributed by atoms with van der Waals surface area (Å²) in [6.07, 6.45) is 0.0821. The van der Waals surface area contributed by atoms with Gasteiger partial charge >= 0.3 is 0 Å². The van der Waals surface area contributed by atoms with Crippen molar-refractivity contribution in [3.8, 4) is 5.75 Å². The van der Waals surface area contributed by atoms with Gasteiger partial charge in [-0.1, -0.05) is 29.8 Å². The van der Waals surface area contributed by atoms with Crippen LogP contribution in [-0.2, 0) is 6.54 Å². The quantitative estimate of drug-likeness (QED) is 0.879. The van der Waals surface area contributed by atoms with Crippen LogP contribution in [0.1, 0.15) is 25.0 Å². The van der Waals surface area contributed by atoms with Crippen molar-refractivity contribution >= 4 is 22.4 Å². The molecule has 0 aliphatic heterocycles. The Balaban J connectivity index is 2.05. The lowest BCUT2D eigenvalue weighted by atomic mass is 10.1. The molecule has 0 aliphatic carbocycles. The van der Waals surface area contributed by atoms with Gasteiger partial charge in [-0.25, -0.2) is 0 Å². The van der Waals surface area contributed by atoms with Crippen LogP contribution in [0, 0.1) is 6.92 Å². The molecule has 4 nitrogen and oxygen atoms in total. The van der Waals surface area contributed by atoms with Crippen molar-refractivity contribution in [2.45, 2.75) is 33.4 Å². The zero-order chi connectivity index (χ0) is 13.8. The molecule has 19 heavy (non-hydrogen) atoms. The molecule has 0 atom stereocenters. The summed E-state index contributed by atoms with van der Waals surface area (Å²) in [4.78, 5) is 0. The van der Waals surface area contributed by atoms with E-state index in [0.29, 0.717) is 11.6 Å². The van der Waals surface area contributed by atoms with E-state index >= 15 is 0 Å². The molecule has 2 rings (SSSR count). The minimum atomic E-state index is 0.0821. The summed E-state index contributed by atoms with van der Waals surface area (Å²) in [7, 11) is 0. The zero-order valence-electron chi connectivity index (χ0n) is 11.4. The lowest BCUT2D eigenvalue weighted by Crippen LogP contribution is -2.08. The average molecular weight is 277 g/mol. The van der Waals surface area contributed by atoms with Crippen molar-refractivity contribution in [3.05, 3.63) is 35.4 Å². The third-order valence-electron chi connectivity index (χ3n) is 2.60. The summed E-state index contributed by atoms with van der Waals surface area (Å²) in [5, 5.41) is 4.21. The first-order chi connectivity index (χ1) is 9.06. The average Bonchev–Trinajstić information content (AvgIpc) is 2.70. The highest BCUT2D eigenvalue weighted by atomic mass is 32.1. The van der Waals surface area contributed by atoms with Crippen LogP contribution in [0.5, 0.6) is 5.75 Å². The number of nitrogens with two attached hydrogens (primary N) is 1. The monoisotopic (exact) mass is 277 g/mol. The second-order valence-electron chi connectivity index (χ2n) is 4.73. The Hall–Kier alpha value is -1.75. The molecular weight excluding hydrogens is 258 g/mol. The van der Waals surface area contributed by atoms with Crippen LogP contribution >= 0.6 is 11.5 Å². The van der Waals surface area contributed by atoms with E-state index in [-0.39, 0.29) is 6.10 Å². The number of anilines is 2. The Morgan fingerprint density at radius 2 is 2.00 bits per heavy atom. The molecule has 0 spiro atoms. The van der Waals surface area contributed by atoms with Crippen LogP contribution < -0.4 is 15.8 Å². The molecule has 0 amide bonds. The number of nitrogens with one attached hydrogen (secondary N) is 1. The molecule has 1 heterocycles. The van der Waals surface area contributed by atoms with Crippen LogP contribution in [0.2, 0.25) is 0 Å². The number of benzene rings is 1. The van der Waals surface area contributed by atoms with Gasteiger partial charge in [0.05, 0.1) is 6.10 Å². The number of nitrogens with zero attached hydrogens (tertiary/aromatic N) is 1. The maximum atomic E-state index is 5.81. The van der Waals surface area contributed by atoms with Gasteiger partial charge in [0.1, 0.15) is 0 Å². The fourth-order valence-corrected chi connectivity index (χ4v) is 2.29. The summed E-state index contributed by atoms with van der Waals surface area (Å²) in [5.74, 6) is 1.11. The number of aromatic nitrogens is 1. The second-order valence-corrected chi connectivity index (χ2v) is 5.51. The van der Waals surface area contributed by atoms with Gasteiger partial charge in [-0.3, -0.25) is 0 Å². The Bertz CT molecular complexity index is 534. The lowest BCUT2D eigenvalue weighted by Gasteiger charge is -2.11. The van der Waals surface area contributed by atoms with Crippen molar-refractivity contribution in [2.24, 2.45) is 0 Å². The molecule has 0 bridgehead atoms. The van der Waals surface area contributed by atoms with Gasteiger partial charge in [0, 0.05) is 6.54 Å². The Kier molecular flexibility index (Phi) is 4.27. The molecule has 0 fully saturated rings. The van der Waals surface area contributed by atoms with E-state index < -0.39 is 0 Å². The molecular formula is C14H19N3OS. The normalized spacial score (nSPS) is 10.7. The molecule has 0 saturated heterocycles. The number of hydrogen-bond donors (Lipinski definition) is 2. The molecule has 1 aromatic heterocycles. The van der Waals surface area contributed by atoms with E-state index in [9.17, 15) is 0 Å². The third kappa shape index (κ3) is 3.61. The van der Waals surface area contributed by atoms with Crippen LogP contribution in [-0.4, -0.2) is 10.5 Å². The molecule has 5 heteroatoms. The van der Waals surface area contributed by atoms with E-state index in [1.807, 2.05) is 13.8 Å². The van der Waals surface area contributed by atoms with Crippen molar-refractivity contribution in [2.75, 3.05) is 11.1 Å². The van der Waals surface area contributed by atoms with Gasteiger partial charge in [-0.15, -0.1) is 0 Å². The standard InChI is InChI=1S/C14H19N3OS/c1-9(2)18-12-13(15)17-19-14(12)16-8-11-6-4-10(3)5-7-11/h4-7,9,16H,8H2,1-3H3,(H2,15,17). The zero-order valence-corrected chi connectivity index (χ0v) is 12.3. The molecule has 1 aromatic carbocycles. The highest BCUT2D eigenvalue weighted by Gasteiger charge is 2.14. The predicted octanol–water partition coefficient (Wildman–Crippen LogP) is 3.43. The Morgan fingerprint density at radius 3 is 2.63 bits per heavy atom. The second kappa shape index (κ2) is 5.93. The topological polar surface area (TPSA) is 60.2 Å². The first-order valence-corrected chi connectivity index (χ1v) is 7.05. The van der Waals surface area contributed by atoms with E-state index in [4.69, 9.17) is 10.5 Å². The Labute approximate surface area is 117 Å². The smallest absolute Gasteiger partial charge is 0.197 e. The first kappa shape index (κ1) is 13.7. The highest BCUT2D eigenvalue weighted by Crippen LogP contribution is 2.36. The van der Waals surface area contributed by atoms with Gasteiger partial charge < -0.3 is 15.8 Å². The number of ether oxygens (including phenoxy) is 1.